The van der Waals surface area contributed by atoms with E-state index >= 15 is 0 Å². The Morgan fingerprint density at radius 2 is 2.43 bits per heavy atom. The van der Waals surface area contributed by atoms with Crippen LogP contribution in [0.25, 0.3) is 0 Å². The van der Waals surface area contributed by atoms with E-state index in [4.69, 9.17) is 5.73 Å². The molecule has 1 saturated heterocycles. The highest BCUT2D eigenvalue weighted by Gasteiger charge is 2.30. The first-order valence-corrected chi connectivity index (χ1v) is 5.94. The molecule has 3 unspecified atom stereocenters. The number of thiazole rings is 1. The standard InChI is InChI=1S/C10H17N3S/c1-7-4-13(5-9(7)11)8(2)10-3-12-6-14-10/h3,6-9H,4-5,11H2,1-2H3. The molecule has 78 valence electrons. The first-order valence-electron chi connectivity index (χ1n) is 5.06. The molecule has 0 aromatic carbocycles. The SMILES string of the molecule is CC1CN(C(C)c2cncs2)CC1N. The van der Waals surface area contributed by atoms with Crippen molar-refractivity contribution >= 4 is 11.3 Å². The van der Waals surface area contributed by atoms with Crippen LogP contribution in [0, 0.1) is 5.92 Å². The van der Waals surface area contributed by atoms with E-state index in [1.54, 1.807) is 11.3 Å². The van der Waals surface area contributed by atoms with Crippen molar-refractivity contribution in [3.8, 4) is 0 Å². The fourth-order valence-corrected chi connectivity index (χ4v) is 2.67. The zero-order chi connectivity index (χ0) is 10.1. The summed E-state index contributed by atoms with van der Waals surface area (Å²) < 4.78 is 0. The van der Waals surface area contributed by atoms with Crippen LogP contribution in [0.15, 0.2) is 11.7 Å². The van der Waals surface area contributed by atoms with E-state index in [0.29, 0.717) is 18.0 Å². The summed E-state index contributed by atoms with van der Waals surface area (Å²) in [5, 5.41) is 0. The molecule has 1 fully saturated rings. The summed E-state index contributed by atoms with van der Waals surface area (Å²) in [7, 11) is 0. The van der Waals surface area contributed by atoms with Gasteiger partial charge in [-0.25, -0.2) is 0 Å². The van der Waals surface area contributed by atoms with Crippen molar-refractivity contribution in [2.24, 2.45) is 11.7 Å². The molecule has 1 aromatic rings. The van der Waals surface area contributed by atoms with Gasteiger partial charge in [0.05, 0.1) is 5.51 Å². The maximum atomic E-state index is 6.01. The van der Waals surface area contributed by atoms with Crippen LogP contribution in [0.1, 0.15) is 24.8 Å². The molecule has 0 spiro atoms. The van der Waals surface area contributed by atoms with Crippen LogP contribution in [0.3, 0.4) is 0 Å². The number of likely N-dealkylation sites (tertiary alicyclic amines) is 1. The lowest BCUT2D eigenvalue weighted by atomic mass is 10.1. The van der Waals surface area contributed by atoms with E-state index in [-0.39, 0.29) is 0 Å². The van der Waals surface area contributed by atoms with E-state index in [0.717, 1.165) is 13.1 Å². The lowest BCUT2D eigenvalue weighted by molar-refractivity contribution is 0.256. The number of nitrogens with two attached hydrogens (primary N) is 1. The molecule has 0 amide bonds. The topological polar surface area (TPSA) is 42.2 Å². The van der Waals surface area contributed by atoms with Gasteiger partial charge in [0.1, 0.15) is 0 Å². The normalized spacial score (nSPS) is 30.8. The number of hydrogen-bond acceptors (Lipinski definition) is 4. The zero-order valence-corrected chi connectivity index (χ0v) is 9.50. The van der Waals surface area contributed by atoms with E-state index in [2.05, 4.69) is 23.7 Å². The smallest absolute Gasteiger partial charge is 0.0794 e. The van der Waals surface area contributed by atoms with Gasteiger partial charge in [-0.3, -0.25) is 9.88 Å². The Balaban J connectivity index is 2.03. The highest BCUT2D eigenvalue weighted by atomic mass is 32.1. The molecule has 2 N–H and O–H groups in total. The van der Waals surface area contributed by atoms with Crippen LogP contribution >= 0.6 is 11.3 Å². The lowest BCUT2D eigenvalue weighted by Gasteiger charge is -2.22. The Labute approximate surface area is 88.9 Å². The number of nitrogens with zero attached hydrogens (tertiary/aromatic N) is 2. The predicted octanol–water partition coefficient (Wildman–Crippen LogP) is 1.48. The minimum Gasteiger partial charge on any atom is -0.326 e. The molecule has 3 atom stereocenters. The molecule has 1 aliphatic heterocycles. The molecule has 0 radical (unpaired) electrons. The highest BCUT2D eigenvalue weighted by Crippen LogP contribution is 2.28. The minimum atomic E-state index is 0.338. The average molecular weight is 211 g/mol. The molecular formula is C10H17N3S. The molecule has 0 aliphatic carbocycles. The summed E-state index contributed by atoms with van der Waals surface area (Å²) in [4.78, 5) is 7.90. The largest absolute Gasteiger partial charge is 0.326 e. The molecule has 1 aliphatic rings. The molecule has 1 aromatic heterocycles. The third-order valence-corrected chi connectivity index (χ3v) is 4.06. The van der Waals surface area contributed by atoms with E-state index in [9.17, 15) is 0 Å². The van der Waals surface area contributed by atoms with Crippen molar-refractivity contribution in [2.75, 3.05) is 13.1 Å². The van der Waals surface area contributed by atoms with Gasteiger partial charge in [0.2, 0.25) is 0 Å². The number of rotatable bonds is 2. The third-order valence-electron chi connectivity index (χ3n) is 3.11. The highest BCUT2D eigenvalue weighted by molar-refractivity contribution is 7.09. The van der Waals surface area contributed by atoms with Crippen molar-refractivity contribution in [3.63, 3.8) is 0 Å². The summed E-state index contributed by atoms with van der Waals surface area (Å²) in [5.74, 6) is 0.616. The predicted molar refractivity (Wildman–Crippen MR) is 59.2 cm³/mol. The van der Waals surface area contributed by atoms with Crippen LogP contribution in [-0.4, -0.2) is 29.0 Å². The van der Waals surface area contributed by atoms with Crippen LogP contribution in [0.5, 0.6) is 0 Å². The van der Waals surface area contributed by atoms with Gasteiger partial charge in [-0.15, -0.1) is 11.3 Å². The molecule has 0 saturated carbocycles. The van der Waals surface area contributed by atoms with Crippen molar-refractivity contribution in [1.29, 1.82) is 0 Å². The van der Waals surface area contributed by atoms with Crippen molar-refractivity contribution in [3.05, 3.63) is 16.6 Å². The van der Waals surface area contributed by atoms with Gasteiger partial charge in [-0.1, -0.05) is 6.92 Å². The monoisotopic (exact) mass is 211 g/mol. The Morgan fingerprint density at radius 3 is 2.93 bits per heavy atom. The minimum absolute atomic E-state index is 0.338. The maximum Gasteiger partial charge on any atom is 0.0794 e. The van der Waals surface area contributed by atoms with Gasteiger partial charge in [0.15, 0.2) is 0 Å². The fraction of sp³-hybridized carbons (Fsp3) is 0.700. The summed E-state index contributed by atoms with van der Waals surface area (Å²) in [6, 6.07) is 0.809. The van der Waals surface area contributed by atoms with Gasteiger partial charge < -0.3 is 5.73 Å². The molecule has 14 heavy (non-hydrogen) atoms. The molecule has 4 heteroatoms. The average Bonchev–Trinajstić information content (AvgIpc) is 2.76. The first-order chi connectivity index (χ1) is 6.68. The van der Waals surface area contributed by atoms with Crippen LogP contribution in [0.2, 0.25) is 0 Å². The molecule has 3 nitrogen and oxygen atoms in total. The van der Waals surface area contributed by atoms with Gasteiger partial charge in [0.25, 0.3) is 0 Å². The maximum absolute atomic E-state index is 6.01. The van der Waals surface area contributed by atoms with Gasteiger partial charge in [0, 0.05) is 36.2 Å². The van der Waals surface area contributed by atoms with Gasteiger partial charge in [-0.2, -0.15) is 0 Å². The summed E-state index contributed by atoms with van der Waals surface area (Å²) in [5.41, 5.74) is 7.90. The van der Waals surface area contributed by atoms with E-state index in [1.807, 2.05) is 11.7 Å². The second-order valence-corrected chi connectivity index (χ2v) is 5.09. The summed E-state index contributed by atoms with van der Waals surface area (Å²) >= 11 is 1.73. The van der Waals surface area contributed by atoms with Crippen molar-refractivity contribution < 1.29 is 0 Å². The Kier molecular flexibility index (Phi) is 2.85. The van der Waals surface area contributed by atoms with Crippen LogP contribution in [-0.2, 0) is 0 Å². The fourth-order valence-electron chi connectivity index (χ4n) is 1.96. The van der Waals surface area contributed by atoms with Crippen LogP contribution < -0.4 is 5.73 Å². The number of hydrogen-bond donors (Lipinski definition) is 1. The number of aromatic nitrogens is 1. The summed E-state index contributed by atoms with van der Waals surface area (Å²) in [6.45, 7) is 6.59. The zero-order valence-electron chi connectivity index (χ0n) is 8.68. The van der Waals surface area contributed by atoms with E-state index < -0.39 is 0 Å². The second-order valence-electron chi connectivity index (χ2n) is 4.17. The quantitative estimate of drug-likeness (QED) is 0.805. The van der Waals surface area contributed by atoms with Crippen molar-refractivity contribution in [2.45, 2.75) is 25.9 Å². The molecule has 0 bridgehead atoms. The Bertz CT molecular complexity index is 276. The molecule has 2 heterocycles. The van der Waals surface area contributed by atoms with Crippen LogP contribution in [0.4, 0.5) is 0 Å². The Morgan fingerprint density at radius 1 is 1.64 bits per heavy atom. The molecule has 2 rings (SSSR count). The Hall–Kier alpha value is -0.450. The first kappa shape index (κ1) is 10.1. The third kappa shape index (κ3) is 1.82. The van der Waals surface area contributed by atoms with Crippen molar-refractivity contribution in [1.82, 2.24) is 9.88 Å². The lowest BCUT2D eigenvalue weighted by Crippen LogP contribution is -2.29. The van der Waals surface area contributed by atoms with Gasteiger partial charge >= 0.3 is 0 Å². The van der Waals surface area contributed by atoms with E-state index in [1.165, 1.54) is 4.88 Å². The summed E-state index contributed by atoms with van der Waals surface area (Å²) in [6.07, 6.45) is 1.96. The molecular weight excluding hydrogens is 194 g/mol. The second kappa shape index (κ2) is 3.96. The van der Waals surface area contributed by atoms with Gasteiger partial charge in [-0.05, 0) is 12.8 Å².